The van der Waals surface area contributed by atoms with Gasteiger partial charge in [0, 0.05) is 35.3 Å². The van der Waals surface area contributed by atoms with Crippen LogP contribution in [0.2, 0.25) is 10.0 Å². The van der Waals surface area contributed by atoms with Gasteiger partial charge in [0.15, 0.2) is 5.82 Å². The van der Waals surface area contributed by atoms with Crippen molar-refractivity contribution in [1.29, 1.82) is 0 Å². The Balaban J connectivity index is 1.42. The van der Waals surface area contributed by atoms with E-state index in [1.54, 1.807) is 24.3 Å². The topological polar surface area (TPSA) is 58.1 Å². The van der Waals surface area contributed by atoms with Crippen molar-refractivity contribution in [2.75, 3.05) is 18.0 Å². The molecule has 1 saturated heterocycles. The van der Waals surface area contributed by atoms with Crippen molar-refractivity contribution in [3.8, 4) is 11.3 Å². The number of carbonyl (C=O) groups is 1. The lowest BCUT2D eigenvalue weighted by Gasteiger charge is -2.33. The van der Waals surface area contributed by atoms with E-state index in [-0.39, 0.29) is 11.9 Å². The van der Waals surface area contributed by atoms with Gasteiger partial charge in [-0.15, -0.1) is 10.2 Å². The fourth-order valence-corrected chi connectivity index (χ4v) is 3.84. The summed E-state index contributed by atoms with van der Waals surface area (Å²) in [6, 6.07) is 18.4. The summed E-state index contributed by atoms with van der Waals surface area (Å²) in [4.78, 5) is 14.6. The van der Waals surface area contributed by atoms with Crippen molar-refractivity contribution >= 4 is 34.9 Å². The number of nitrogens with one attached hydrogen (secondary N) is 1. The van der Waals surface area contributed by atoms with Crippen LogP contribution in [-0.2, 0) is 0 Å². The molecule has 148 valence electrons. The summed E-state index contributed by atoms with van der Waals surface area (Å²) < 4.78 is 0. The summed E-state index contributed by atoms with van der Waals surface area (Å²) in [5.41, 5.74) is 2.21. The number of hydrogen-bond donors (Lipinski definition) is 1. The monoisotopic (exact) mass is 426 g/mol. The molecule has 1 N–H and O–H groups in total. The molecule has 0 bridgehead atoms. The lowest BCUT2D eigenvalue weighted by atomic mass is 10.0. The molecular weight excluding hydrogens is 407 g/mol. The second-order valence-electron chi connectivity index (χ2n) is 7.02. The minimum atomic E-state index is -0.0892. The smallest absolute Gasteiger partial charge is 0.251 e. The summed E-state index contributed by atoms with van der Waals surface area (Å²) in [5.74, 6) is 0.708. The van der Waals surface area contributed by atoms with Crippen molar-refractivity contribution in [3.63, 3.8) is 0 Å². The van der Waals surface area contributed by atoms with Gasteiger partial charge in [-0.2, -0.15) is 0 Å². The quantitative estimate of drug-likeness (QED) is 0.647. The van der Waals surface area contributed by atoms with Crippen LogP contribution in [0.5, 0.6) is 0 Å². The minimum Gasteiger partial charge on any atom is -0.353 e. The van der Waals surface area contributed by atoms with Gasteiger partial charge in [-0.1, -0.05) is 41.4 Å². The van der Waals surface area contributed by atoms with Crippen LogP contribution in [0.1, 0.15) is 23.2 Å². The molecule has 0 spiro atoms. The van der Waals surface area contributed by atoms with E-state index >= 15 is 0 Å². The molecule has 29 heavy (non-hydrogen) atoms. The molecule has 0 radical (unpaired) electrons. The molecule has 1 amide bonds. The first-order chi connectivity index (χ1) is 14.1. The molecule has 7 heteroatoms. The molecule has 2 aromatic carbocycles. The highest BCUT2D eigenvalue weighted by molar-refractivity contribution is 6.33. The van der Waals surface area contributed by atoms with Crippen LogP contribution in [0.25, 0.3) is 11.3 Å². The van der Waals surface area contributed by atoms with E-state index in [1.165, 1.54) is 0 Å². The van der Waals surface area contributed by atoms with Crippen molar-refractivity contribution < 1.29 is 4.79 Å². The predicted octanol–water partition coefficient (Wildman–Crippen LogP) is 4.85. The van der Waals surface area contributed by atoms with Gasteiger partial charge in [-0.25, -0.2) is 0 Å². The maximum atomic E-state index is 12.5. The summed E-state index contributed by atoms with van der Waals surface area (Å²) in [6.45, 7) is 1.58. The maximum absolute atomic E-state index is 12.5. The zero-order valence-corrected chi connectivity index (χ0v) is 17.2. The first kappa shape index (κ1) is 19.7. The van der Waals surface area contributed by atoms with Crippen molar-refractivity contribution in [1.82, 2.24) is 15.5 Å². The van der Waals surface area contributed by atoms with Crippen LogP contribution in [0, 0.1) is 0 Å². The second-order valence-corrected chi connectivity index (χ2v) is 7.87. The normalized spacial score (nSPS) is 16.5. The van der Waals surface area contributed by atoms with Crippen molar-refractivity contribution in [3.05, 3.63) is 76.3 Å². The molecule has 1 aliphatic heterocycles. The molecule has 0 saturated carbocycles. The average molecular weight is 427 g/mol. The van der Waals surface area contributed by atoms with Gasteiger partial charge in [0.25, 0.3) is 5.91 Å². The third-order valence-corrected chi connectivity index (χ3v) is 5.57. The number of piperidine rings is 1. The van der Waals surface area contributed by atoms with Gasteiger partial charge >= 0.3 is 0 Å². The van der Waals surface area contributed by atoms with Gasteiger partial charge in [-0.05, 0) is 55.3 Å². The van der Waals surface area contributed by atoms with E-state index < -0.39 is 0 Å². The van der Waals surface area contributed by atoms with Crippen LogP contribution in [0.15, 0.2) is 60.7 Å². The van der Waals surface area contributed by atoms with E-state index in [0.717, 1.165) is 36.5 Å². The molecule has 4 rings (SSSR count). The third-order valence-electron chi connectivity index (χ3n) is 4.99. The van der Waals surface area contributed by atoms with E-state index in [9.17, 15) is 4.79 Å². The fraction of sp³-hybridized carbons (Fsp3) is 0.227. The lowest BCUT2D eigenvalue weighted by Crippen LogP contribution is -2.48. The molecular formula is C22H20Cl2N4O. The van der Waals surface area contributed by atoms with Gasteiger partial charge in [-0.3, -0.25) is 4.79 Å². The number of carbonyl (C=O) groups excluding carboxylic acids is 1. The number of halogens is 2. The summed E-state index contributed by atoms with van der Waals surface area (Å²) in [6.07, 6.45) is 1.90. The molecule has 5 nitrogen and oxygen atoms in total. The van der Waals surface area contributed by atoms with Gasteiger partial charge in [0.1, 0.15) is 0 Å². The molecule has 1 unspecified atom stereocenters. The predicted molar refractivity (Wildman–Crippen MR) is 117 cm³/mol. The average Bonchev–Trinajstić information content (AvgIpc) is 2.75. The number of aromatic nitrogens is 2. The maximum Gasteiger partial charge on any atom is 0.251 e. The van der Waals surface area contributed by atoms with Gasteiger partial charge < -0.3 is 10.2 Å². The lowest BCUT2D eigenvalue weighted by molar-refractivity contribution is 0.0933. The molecule has 1 fully saturated rings. The van der Waals surface area contributed by atoms with Crippen LogP contribution in [0.4, 0.5) is 5.82 Å². The molecule has 3 aromatic rings. The van der Waals surface area contributed by atoms with E-state index in [1.807, 2.05) is 36.4 Å². The second kappa shape index (κ2) is 8.80. The highest BCUT2D eigenvalue weighted by Crippen LogP contribution is 2.26. The first-order valence-electron chi connectivity index (χ1n) is 9.50. The van der Waals surface area contributed by atoms with E-state index in [0.29, 0.717) is 22.2 Å². The zero-order chi connectivity index (χ0) is 20.2. The molecule has 1 aliphatic rings. The van der Waals surface area contributed by atoms with Crippen molar-refractivity contribution in [2.45, 2.75) is 18.9 Å². The number of hydrogen-bond acceptors (Lipinski definition) is 4. The number of benzene rings is 2. The van der Waals surface area contributed by atoms with Crippen LogP contribution in [0.3, 0.4) is 0 Å². The highest BCUT2D eigenvalue weighted by Gasteiger charge is 2.23. The van der Waals surface area contributed by atoms with E-state index in [2.05, 4.69) is 20.4 Å². The Morgan fingerprint density at radius 2 is 1.79 bits per heavy atom. The largest absolute Gasteiger partial charge is 0.353 e. The van der Waals surface area contributed by atoms with Crippen LogP contribution < -0.4 is 10.2 Å². The highest BCUT2D eigenvalue weighted by atomic mass is 35.5. The van der Waals surface area contributed by atoms with Gasteiger partial charge in [0.05, 0.1) is 10.7 Å². The Hall–Kier alpha value is -2.63. The van der Waals surface area contributed by atoms with Crippen LogP contribution >= 0.6 is 23.2 Å². The number of rotatable bonds is 4. The Morgan fingerprint density at radius 3 is 2.52 bits per heavy atom. The summed E-state index contributed by atoms with van der Waals surface area (Å²) in [7, 11) is 0. The van der Waals surface area contributed by atoms with Gasteiger partial charge in [0.2, 0.25) is 0 Å². The first-order valence-corrected chi connectivity index (χ1v) is 10.3. The number of anilines is 1. The van der Waals surface area contributed by atoms with Crippen LogP contribution in [-0.4, -0.2) is 35.2 Å². The summed E-state index contributed by atoms with van der Waals surface area (Å²) in [5, 5.41) is 13.1. The zero-order valence-electron chi connectivity index (χ0n) is 15.7. The third kappa shape index (κ3) is 4.69. The Labute approximate surface area is 179 Å². The standard InChI is InChI=1S/C22H20Cl2N4O/c23-16-9-7-15(8-10-16)22(29)25-17-4-3-13-28(14-17)21-12-11-20(26-27-21)18-5-1-2-6-19(18)24/h1-2,5-12,17H,3-4,13-14H2,(H,25,29). The van der Waals surface area contributed by atoms with Crippen molar-refractivity contribution in [2.24, 2.45) is 0 Å². The number of amides is 1. The molecule has 1 aromatic heterocycles. The minimum absolute atomic E-state index is 0.0528. The molecule has 0 aliphatic carbocycles. The summed E-state index contributed by atoms with van der Waals surface area (Å²) >= 11 is 12.1. The Morgan fingerprint density at radius 1 is 1.00 bits per heavy atom. The fourth-order valence-electron chi connectivity index (χ4n) is 3.48. The Kier molecular flexibility index (Phi) is 5.97. The number of nitrogens with zero attached hydrogens (tertiary/aromatic N) is 3. The molecule has 1 atom stereocenters. The van der Waals surface area contributed by atoms with E-state index in [4.69, 9.17) is 23.2 Å². The molecule has 2 heterocycles. The Bertz CT molecular complexity index is 992. The SMILES string of the molecule is O=C(NC1CCCN(c2ccc(-c3ccccc3Cl)nn2)C1)c1ccc(Cl)cc1.